The number of amides is 1. The van der Waals surface area contributed by atoms with E-state index in [-0.39, 0.29) is 11.8 Å². The topological polar surface area (TPSA) is 81.6 Å². The first-order valence-electron chi connectivity index (χ1n) is 8.09. The zero-order valence-electron chi connectivity index (χ0n) is 14.2. The maximum absolute atomic E-state index is 12.6. The molecule has 1 aliphatic rings. The van der Waals surface area contributed by atoms with Crippen molar-refractivity contribution in [2.45, 2.75) is 19.3 Å². The summed E-state index contributed by atoms with van der Waals surface area (Å²) in [4.78, 5) is 18.7. The number of ether oxygens (including phenoxy) is 1. The van der Waals surface area contributed by atoms with E-state index in [4.69, 9.17) is 13.7 Å². The zero-order valence-corrected chi connectivity index (χ0v) is 15.8. The van der Waals surface area contributed by atoms with Crippen molar-refractivity contribution in [2.24, 2.45) is 0 Å². The zero-order chi connectivity index (χ0) is 18.3. The molecule has 26 heavy (non-hydrogen) atoms. The van der Waals surface area contributed by atoms with Crippen LogP contribution in [0, 0.1) is 6.92 Å². The van der Waals surface area contributed by atoms with Crippen molar-refractivity contribution in [3.8, 4) is 17.4 Å². The Hall–Kier alpha value is -2.61. The Kier molecular flexibility index (Phi) is 4.28. The quantitative estimate of drug-likeness (QED) is 0.639. The van der Waals surface area contributed by atoms with Crippen LogP contribution in [0.15, 0.2) is 43.9 Å². The number of hydrogen-bond acceptors (Lipinski definition) is 6. The number of aryl methyl sites for hydroxylation is 1. The standard InChI is InChI=1S/C18H16BrN3O4/c1-10-3-4-13(24-2)12(7-10)22-9-11(8-16(22)23)17-20-18(26-21-17)14-5-6-15(19)25-14/h3-7,11H,8-9H2,1-2H3. The van der Waals surface area contributed by atoms with Gasteiger partial charge in [-0.2, -0.15) is 4.98 Å². The first kappa shape index (κ1) is 16.8. The monoisotopic (exact) mass is 417 g/mol. The lowest BCUT2D eigenvalue weighted by Crippen LogP contribution is -2.25. The number of carbonyl (C=O) groups is 1. The van der Waals surface area contributed by atoms with Gasteiger partial charge in [-0.15, -0.1) is 0 Å². The number of anilines is 1. The SMILES string of the molecule is COc1ccc(C)cc1N1CC(c2noc(-c3ccc(Br)o3)n2)CC1=O. The van der Waals surface area contributed by atoms with Crippen LogP contribution in [0.1, 0.15) is 23.7 Å². The van der Waals surface area contributed by atoms with E-state index in [1.165, 1.54) is 0 Å². The summed E-state index contributed by atoms with van der Waals surface area (Å²) in [5.74, 6) is 1.80. The summed E-state index contributed by atoms with van der Waals surface area (Å²) in [6.45, 7) is 2.45. The minimum atomic E-state index is -0.149. The number of aromatic nitrogens is 2. The maximum Gasteiger partial charge on any atom is 0.293 e. The Balaban J connectivity index is 1.59. The minimum absolute atomic E-state index is 0.00555. The van der Waals surface area contributed by atoms with Gasteiger partial charge in [-0.25, -0.2) is 0 Å². The summed E-state index contributed by atoms with van der Waals surface area (Å²) < 4.78 is 16.7. The molecule has 3 heterocycles. The fourth-order valence-electron chi connectivity index (χ4n) is 3.05. The molecule has 0 spiro atoms. The second kappa shape index (κ2) is 6.60. The van der Waals surface area contributed by atoms with E-state index < -0.39 is 0 Å². The number of methoxy groups -OCH3 is 1. The van der Waals surface area contributed by atoms with Crippen molar-refractivity contribution in [2.75, 3.05) is 18.6 Å². The molecule has 1 aromatic carbocycles. The van der Waals surface area contributed by atoms with Gasteiger partial charge < -0.3 is 18.6 Å². The van der Waals surface area contributed by atoms with Crippen molar-refractivity contribution < 1.29 is 18.5 Å². The van der Waals surface area contributed by atoms with Gasteiger partial charge >= 0.3 is 0 Å². The van der Waals surface area contributed by atoms with Gasteiger partial charge in [0.2, 0.25) is 5.91 Å². The number of halogens is 1. The van der Waals surface area contributed by atoms with Crippen molar-refractivity contribution >= 4 is 27.5 Å². The van der Waals surface area contributed by atoms with Crippen molar-refractivity contribution in [3.63, 3.8) is 0 Å². The summed E-state index contributed by atoms with van der Waals surface area (Å²) in [5.41, 5.74) is 1.82. The van der Waals surface area contributed by atoms with E-state index in [9.17, 15) is 4.79 Å². The molecular weight excluding hydrogens is 402 g/mol. The van der Waals surface area contributed by atoms with Gasteiger partial charge in [-0.3, -0.25) is 4.79 Å². The molecular formula is C18H16BrN3O4. The first-order valence-corrected chi connectivity index (χ1v) is 8.89. The van der Waals surface area contributed by atoms with E-state index in [1.807, 2.05) is 25.1 Å². The summed E-state index contributed by atoms with van der Waals surface area (Å²) in [6, 6.07) is 9.26. The maximum atomic E-state index is 12.6. The molecule has 1 aliphatic heterocycles. The lowest BCUT2D eigenvalue weighted by Gasteiger charge is -2.19. The van der Waals surface area contributed by atoms with E-state index >= 15 is 0 Å². The Bertz CT molecular complexity index is 965. The second-order valence-corrected chi connectivity index (χ2v) is 6.92. The van der Waals surface area contributed by atoms with E-state index in [2.05, 4.69) is 26.1 Å². The van der Waals surface area contributed by atoms with Gasteiger partial charge in [0.25, 0.3) is 5.89 Å². The lowest BCUT2D eigenvalue weighted by molar-refractivity contribution is -0.117. The van der Waals surface area contributed by atoms with Gasteiger partial charge in [0.15, 0.2) is 16.3 Å². The molecule has 8 heteroatoms. The van der Waals surface area contributed by atoms with Gasteiger partial charge in [-0.05, 0) is 52.7 Å². The van der Waals surface area contributed by atoms with E-state index in [1.54, 1.807) is 24.1 Å². The third-order valence-electron chi connectivity index (χ3n) is 4.34. The normalized spacial score (nSPS) is 17.1. The molecule has 7 nitrogen and oxygen atoms in total. The van der Waals surface area contributed by atoms with Crippen LogP contribution in [0.25, 0.3) is 11.7 Å². The summed E-state index contributed by atoms with van der Waals surface area (Å²) >= 11 is 3.24. The Morgan fingerprint density at radius 1 is 1.31 bits per heavy atom. The molecule has 0 N–H and O–H groups in total. The van der Waals surface area contributed by atoms with Gasteiger partial charge in [0.05, 0.1) is 12.8 Å². The highest BCUT2D eigenvalue weighted by atomic mass is 79.9. The number of rotatable bonds is 4. The number of furan rings is 1. The number of hydrogen-bond donors (Lipinski definition) is 0. The van der Waals surface area contributed by atoms with Gasteiger partial charge in [0, 0.05) is 18.9 Å². The number of carbonyl (C=O) groups excluding carboxylic acids is 1. The molecule has 1 amide bonds. The van der Waals surface area contributed by atoms with Crippen molar-refractivity contribution in [3.05, 3.63) is 46.4 Å². The molecule has 3 aromatic rings. The Morgan fingerprint density at radius 2 is 2.15 bits per heavy atom. The Labute approximate surface area is 158 Å². The number of benzene rings is 1. The van der Waals surface area contributed by atoms with Crippen LogP contribution in [-0.2, 0) is 4.79 Å². The molecule has 0 radical (unpaired) electrons. The highest BCUT2D eigenvalue weighted by molar-refractivity contribution is 9.10. The molecule has 0 saturated carbocycles. The average Bonchev–Trinajstić information content (AvgIpc) is 3.34. The highest BCUT2D eigenvalue weighted by Gasteiger charge is 2.36. The van der Waals surface area contributed by atoms with Crippen LogP contribution in [0.5, 0.6) is 5.75 Å². The van der Waals surface area contributed by atoms with Crippen LogP contribution in [0.4, 0.5) is 5.69 Å². The largest absolute Gasteiger partial charge is 0.495 e. The summed E-state index contributed by atoms with van der Waals surface area (Å²) in [6.07, 6.45) is 0.317. The predicted molar refractivity (Wildman–Crippen MR) is 97.1 cm³/mol. The third-order valence-corrected chi connectivity index (χ3v) is 4.77. The lowest BCUT2D eigenvalue weighted by atomic mass is 10.1. The second-order valence-electron chi connectivity index (χ2n) is 6.14. The summed E-state index contributed by atoms with van der Waals surface area (Å²) in [7, 11) is 1.60. The fraction of sp³-hybridized carbons (Fsp3) is 0.278. The van der Waals surface area contributed by atoms with Crippen LogP contribution >= 0.6 is 15.9 Å². The number of nitrogens with zero attached hydrogens (tertiary/aromatic N) is 3. The molecule has 0 aliphatic carbocycles. The Morgan fingerprint density at radius 3 is 2.88 bits per heavy atom. The van der Waals surface area contributed by atoms with Crippen LogP contribution in [-0.4, -0.2) is 29.7 Å². The third kappa shape index (κ3) is 3.01. The molecule has 134 valence electrons. The molecule has 1 atom stereocenters. The molecule has 4 rings (SSSR count). The first-order chi connectivity index (χ1) is 12.5. The van der Waals surface area contributed by atoms with E-state index in [0.717, 1.165) is 11.3 Å². The van der Waals surface area contributed by atoms with Crippen LogP contribution < -0.4 is 9.64 Å². The van der Waals surface area contributed by atoms with Crippen molar-refractivity contribution in [1.82, 2.24) is 10.1 Å². The smallest absolute Gasteiger partial charge is 0.293 e. The molecule has 1 unspecified atom stereocenters. The molecule has 1 fully saturated rings. The van der Waals surface area contributed by atoms with E-state index in [0.29, 0.717) is 40.9 Å². The average molecular weight is 418 g/mol. The molecule has 2 aromatic heterocycles. The minimum Gasteiger partial charge on any atom is -0.495 e. The molecule has 1 saturated heterocycles. The summed E-state index contributed by atoms with van der Waals surface area (Å²) in [5, 5.41) is 4.03. The predicted octanol–water partition coefficient (Wildman–Crippen LogP) is 3.93. The van der Waals surface area contributed by atoms with Crippen LogP contribution in [0.2, 0.25) is 0 Å². The van der Waals surface area contributed by atoms with Crippen LogP contribution in [0.3, 0.4) is 0 Å². The fourth-order valence-corrected chi connectivity index (χ4v) is 3.36. The van der Waals surface area contributed by atoms with Gasteiger partial charge in [-0.1, -0.05) is 11.2 Å². The van der Waals surface area contributed by atoms with Crippen molar-refractivity contribution in [1.29, 1.82) is 0 Å². The highest BCUT2D eigenvalue weighted by Crippen LogP contribution is 2.37. The van der Waals surface area contributed by atoms with Gasteiger partial charge in [0.1, 0.15) is 5.75 Å². The molecule has 0 bridgehead atoms.